The molecule has 0 saturated heterocycles. The van der Waals surface area contributed by atoms with Crippen LogP contribution in [0.15, 0.2) is 24.3 Å². The van der Waals surface area contributed by atoms with Gasteiger partial charge in [-0.25, -0.2) is 0 Å². The summed E-state index contributed by atoms with van der Waals surface area (Å²) in [7, 11) is 0. The molecule has 2 amide bonds. The summed E-state index contributed by atoms with van der Waals surface area (Å²) in [6.07, 6.45) is 6.78. The highest BCUT2D eigenvalue weighted by Crippen LogP contribution is 2.28. The van der Waals surface area contributed by atoms with Crippen molar-refractivity contribution in [3.63, 3.8) is 0 Å². The van der Waals surface area contributed by atoms with E-state index in [0.29, 0.717) is 12.2 Å². The van der Waals surface area contributed by atoms with E-state index in [1.165, 1.54) is 0 Å². The first-order chi connectivity index (χ1) is 11.6. The number of hydrogen-bond donors (Lipinski definition) is 3. The molecular weight excluding hydrogens is 338 g/mol. The van der Waals surface area contributed by atoms with Crippen molar-refractivity contribution in [2.24, 2.45) is 0 Å². The summed E-state index contributed by atoms with van der Waals surface area (Å²) < 4.78 is 0. The molecule has 2 rings (SSSR count). The third-order valence-electron chi connectivity index (χ3n) is 4.68. The molecule has 4 N–H and O–H groups in total. The van der Waals surface area contributed by atoms with E-state index in [4.69, 9.17) is 5.73 Å². The number of rotatable bonds is 7. The van der Waals surface area contributed by atoms with E-state index in [1.807, 2.05) is 12.1 Å². The van der Waals surface area contributed by atoms with Gasteiger partial charge >= 0.3 is 0 Å². The third kappa shape index (κ3) is 6.24. The van der Waals surface area contributed by atoms with Crippen LogP contribution >= 0.6 is 12.4 Å². The number of benzene rings is 1. The van der Waals surface area contributed by atoms with Crippen LogP contribution in [0, 0.1) is 0 Å². The Bertz CT molecular complexity index is 554. The lowest BCUT2D eigenvalue weighted by Crippen LogP contribution is -2.60. The SMILES string of the molecule is CCCCNC(=O)C1(NC(=O)Cc2ccc(N)cc2)CCCCC1.Cl. The molecule has 25 heavy (non-hydrogen) atoms. The zero-order chi connectivity index (χ0) is 17.4. The number of nitrogens with two attached hydrogens (primary N) is 1. The van der Waals surface area contributed by atoms with Gasteiger partial charge in [-0.2, -0.15) is 0 Å². The predicted molar refractivity (Wildman–Crippen MR) is 104 cm³/mol. The highest BCUT2D eigenvalue weighted by atomic mass is 35.5. The molecule has 0 aromatic heterocycles. The number of nitrogen functional groups attached to an aromatic ring is 1. The first-order valence-electron chi connectivity index (χ1n) is 8.99. The van der Waals surface area contributed by atoms with Crippen LogP contribution in [-0.2, 0) is 16.0 Å². The van der Waals surface area contributed by atoms with Crippen LogP contribution in [0.4, 0.5) is 5.69 Å². The van der Waals surface area contributed by atoms with Crippen molar-refractivity contribution in [2.75, 3.05) is 12.3 Å². The van der Waals surface area contributed by atoms with Gasteiger partial charge in [0.15, 0.2) is 0 Å². The highest BCUT2D eigenvalue weighted by molar-refractivity contribution is 5.92. The van der Waals surface area contributed by atoms with E-state index >= 15 is 0 Å². The minimum absolute atomic E-state index is 0. The monoisotopic (exact) mass is 367 g/mol. The van der Waals surface area contributed by atoms with E-state index < -0.39 is 5.54 Å². The van der Waals surface area contributed by atoms with Crippen molar-refractivity contribution in [1.82, 2.24) is 10.6 Å². The van der Waals surface area contributed by atoms with Crippen molar-refractivity contribution in [1.29, 1.82) is 0 Å². The lowest BCUT2D eigenvalue weighted by atomic mass is 9.80. The van der Waals surface area contributed by atoms with E-state index in [-0.39, 0.29) is 30.6 Å². The van der Waals surface area contributed by atoms with Gasteiger partial charge in [0.25, 0.3) is 0 Å². The first-order valence-corrected chi connectivity index (χ1v) is 8.99. The molecule has 1 saturated carbocycles. The minimum atomic E-state index is -0.739. The zero-order valence-electron chi connectivity index (χ0n) is 15.0. The van der Waals surface area contributed by atoms with E-state index in [1.54, 1.807) is 12.1 Å². The number of carbonyl (C=O) groups is 2. The first kappa shape index (κ1) is 21.3. The van der Waals surface area contributed by atoms with Gasteiger partial charge in [0, 0.05) is 12.2 Å². The number of carbonyl (C=O) groups excluding carboxylic acids is 2. The number of hydrogen-bond acceptors (Lipinski definition) is 3. The quantitative estimate of drug-likeness (QED) is 0.511. The number of unbranched alkanes of at least 4 members (excludes halogenated alkanes) is 1. The topological polar surface area (TPSA) is 84.2 Å². The molecule has 6 heteroatoms. The number of amides is 2. The molecule has 0 bridgehead atoms. The largest absolute Gasteiger partial charge is 0.399 e. The fourth-order valence-corrected chi connectivity index (χ4v) is 3.24. The molecule has 0 heterocycles. The lowest BCUT2D eigenvalue weighted by Gasteiger charge is -2.36. The third-order valence-corrected chi connectivity index (χ3v) is 4.68. The summed E-state index contributed by atoms with van der Waals surface area (Å²) >= 11 is 0. The second-order valence-electron chi connectivity index (χ2n) is 6.72. The molecule has 0 spiro atoms. The average Bonchev–Trinajstić information content (AvgIpc) is 2.58. The van der Waals surface area contributed by atoms with Crippen LogP contribution in [0.25, 0.3) is 0 Å². The van der Waals surface area contributed by atoms with Crippen molar-refractivity contribution < 1.29 is 9.59 Å². The fourth-order valence-electron chi connectivity index (χ4n) is 3.24. The van der Waals surface area contributed by atoms with Gasteiger partial charge in [0.1, 0.15) is 5.54 Å². The second kappa shape index (κ2) is 10.3. The Morgan fingerprint density at radius 2 is 1.76 bits per heavy atom. The Balaban J connectivity index is 0.00000312. The minimum Gasteiger partial charge on any atom is -0.399 e. The Morgan fingerprint density at radius 1 is 1.12 bits per heavy atom. The molecule has 5 nitrogen and oxygen atoms in total. The molecule has 0 atom stereocenters. The average molecular weight is 368 g/mol. The van der Waals surface area contributed by atoms with Gasteiger partial charge in [0.05, 0.1) is 6.42 Å². The van der Waals surface area contributed by atoms with Crippen LogP contribution in [0.2, 0.25) is 0 Å². The Kier molecular flexibility index (Phi) is 8.76. The number of halogens is 1. The maximum atomic E-state index is 12.7. The lowest BCUT2D eigenvalue weighted by molar-refractivity contribution is -0.134. The standard InChI is InChI=1S/C19H29N3O2.ClH/c1-2-3-13-21-18(24)19(11-5-4-6-12-19)22-17(23)14-15-7-9-16(20)10-8-15;/h7-10H,2-6,11-14,20H2,1H3,(H,21,24)(H,22,23);1H. The van der Waals surface area contributed by atoms with Crippen molar-refractivity contribution >= 4 is 29.9 Å². The summed E-state index contributed by atoms with van der Waals surface area (Å²) in [5.74, 6) is -0.131. The van der Waals surface area contributed by atoms with Gasteiger partial charge in [-0.15, -0.1) is 12.4 Å². The molecule has 1 aromatic carbocycles. The Labute approximate surface area is 156 Å². The van der Waals surface area contributed by atoms with Crippen molar-refractivity contribution in [2.45, 2.75) is 63.8 Å². The smallest absolute Gasteiger partial charge is 0.245 e. The predicted octanol–water partition coefficient (Wildman–Crippen LogP) is 2.97. The maximum absolute atomic E-state index is 12.7. The fraction of sp³-hybridized carbons (Fsp3) is 0.579. The summed E-state index contributed by atoms with van der Waals surface area (Å²) in [5.41, 5.74) is 6.51. The normalized spacial score (nSPS) is 15.7. The van der Waals surface area contributed by atoms with Crippen molar-refractivity contribution in [3.05, 3.63) is 29.8 Å². The highest BCUT2D eigenvalue weighted by Gasteiger charge is 2.40. The Morgan fingerprint density at radius 3 is 2.36 bits per heavy atom. The second-order valence-corrected chi connectivity index (χ2v) is 6.72. The van der Waals surface area contributed by atoms with Gasteiger partial charge in [0.2, 0.25) is 11.8 Å². The molecule has 1 aliphatic rings. The Hall–Kier alpha value is -1.75. The molecule has 0 unspecified atom stereocenters. The van der Waals surface area contributed by atoms with Crippen LogP contribution in [0.5, 0.6) is 0 Å². The van der Waals surface area contributed by atoms with E-state index in [2.05, 4.69) is 17.6 Å². The van der Waals surface area contributed by atoms with Crippen LogP contribution in [-0.4, -0.2) is 23.9 Å². The van der Waals surface area contributed by atoms with Gasteiger partial charge in [-0.05, 0) is 37.0 Å². The van der Waals surface area contributed by atoms with Gasteiger partial charge in [-0.3, -0.25) is 9.59 Å². The summed E-state index contributed by atoms with van der Waals surface area (Å²) in [6.45, 7) is 2.77. The van der Waals surface area contributed by atoms with Crippen molar-refractivity contribution in [3.8, 4) is 0 Å². The number of anilines is 1. The van der Waals surface area contributed by atoms with Gasteiger partial charge in [-0.1, -0.05) is 44.7 Å². The van der Waals surface area contributed by atoms with E-state index in [0.717, 1.165) is 50.5 Å². The molecule has 1 aromatic rings. The zero-order valence-corrected chi connectivity index (χ0v) is 15.8. The summed E-state index contributed by atoms with van der Waals surface area (Å²) in [6, 6.07) is 7.28. The molecule has 1 fully saturated rings. The van der Waals surface area contributed by atoms with Gasteiger partial charge < -0.3 is 16.4 Å². The molecular formula is C19H30ClN3O2. The van der Waals surface area contributed by atoms with Crippen LogP contribution in [0.1, 0.15) is 57.4 Å². The van der Waals surface area contributed by atoms with E-state index in [9.17, 15) is 9.59 Å². The summed E-state index contributed by atoms with van der Waals surface area (Å²) in [4.78, 5) is 25.2. The summed E-state index contributed by atoms with van der Waals surface area (Å²) in [5, 5.41) is 6.04. The molecule has 0 aliphatic heterocycles. The van der Waals surface area contributed by atoms with Crippen LogP contribution in [0.3, 0.4) is 0 Å². The molecule has 1 aliphatic carbocycles. The number of nitrogens with one attached hydrogen (secondary N) is 2. The molecule has 0 radical (unpaired) electrons. The molecule has 140 valence electrons. The maximum Gasteiger partial charge on any atom is 0.245 e. The van der Waals surface area contributed by atoms with Crippen LogP contribution < -0.4 is 16.4 Å².